The van der Waals surface area contributed by atoms with Gasteiger partial charge in [-0.05, 0) is 36.3 Å². The van der Waals surface area contributed by atoms with Gasteiger partial charge in [0.15, 0.2) is 0 Å². The van der Waals surface area contributed by atoms with E-state index in [1.54, 1.807) is 0 Å². The molecular formula is C17H30. The first-order valence-corrected chi connectivity index (χ1v) is 7.01. The van der Waals surface area contributed by atoms with Crippen LogP contribution in [-0.2, 0) is 0 Å². The van der Waals surface area contributed by atoms with Gasteiger partial charge in [0.25, 0.3) is 0 Å². The maximum absolute atomic E-state index is 2.32. The Kier molecular flexibility index (Phi) is 14.0. The minimum Gasteiger partial charge on any atom is -0.0795 e. The molecule has 98 valence electrons. The highest BCUT2D eigenvalue weighted by molar-refractivity contribution is 5.34. The van der Waals surface area contributed by atoms with Gasteiger partial charge < -0.3 is 0 Å². The fourth-order valence-electron chi connectivity index (χ4n) is 1.58. The Labute approximate surface area is 108 Å². The van der Waals surface area contributed by atoms with E-state index in [-0.39, 0.29) is 0 Å². The minimum atomic E-state index is 1.17. The molecule has 0 N–H and O–H groups in total. The average molecular weight is 234 g/mol. The highest BCUT2D eigenvalue weighted by Crippen LogP contribution is 1.88. The van der Waals surface area contributed by atoms with E-state index < -0.39 is 0 Å². The van der Waals surface area contributed by atoms with Gasteiger partial charge in [0, 0.05) is 0 Å². The van der Waals surface area contributed by atoms with Crippen LogP contribution in [0.5, 0.6) is 0 Å². The van der Waals surface area contributed by atoms with Gasteiger partial charge in [-0.25, -0.2) is 0 Å². The Morgan fingerprint density at radius 3 is 2.12 bits per heavy atom. The zero-order valence-corrected chi connectivity index (χ0v) is 12.8. The first-order valence-electron chi connectivity index (χ1n) is 7.01. The summed E-state index contributed by atoms with van der Waals surface area (Å²) in [7, 11) is 0. The number of rotatable bonds is 2. The summed E-state index contributed by atoms with van der Waals surface area (Å²) in [6.07, 6.45) is 6.90. The normalized spacial score (nSPS) is 11.2. The zero-order chi connectivity index (χ0) is 13.7. The molecule has 1 aromatic carbocycles. The molecule has 0 heteroatoms. The summed E-state index contributed by atoms with van der Waals surface area (Å²) in [6.45, 7) is 14.5. The number of hydrogen-bond donors (Lipinski definition) is 0. The smallest absolute Gasteiger partial charge is 0.0201 e. The molecule has 0 aliphatic rings. The van der Waals surface area contributed by atoms with Gasteiger partial charge in [-0.2, -0.15) is 0 Å². The Hall–Kier alpha value is -1.04. The number of unbranched alkanes of at least 4 members (excludes halogenated alkanes) is 1. The van der Waals surface area contributed by atoms with Crippen molar-refractivity contribution in [3.63, 3.8) is 0 Å². The molecule has 0 aliphatic carbocycles. The van der Waals surface area contributed by atoms with Crippen LogP contribution in [0.4, 0.5) is 0 Å². The van der Waals surface area contributed by atoms with Gasteiger partial charge in [0.1, 0.15) is 0 Å². The van der Waals surface area contributed by atoms with Gasteiger partial charge in [-0.15, -0.1) is 0 Å². The molecule has 1 aromatic rings. The topological polar surface area (TPSA) is 0 Å². The second kappa shape index (κ2) is 13.0. The zero-order valence-electron chi connectivity index (χ0n) is 12.8. The van der Waals surface area contributed by atoms with Crippen molar-refractivity contribution < 1.29 is 0 Å². The second-order valence-electron chi connectivity index (χ2n) is 3.36. The molecule has 0 aliphatic heterocycles. The number of benzene rings is 1. The Morgan fingerprint density at radius 2 is 1.65 bits per heavy atom. The van der Waals surface area contributed by atoms with Crippen LogP contribution in [0.3, 0.4) is 0 Å². The lowest BCUT2D eigenvalue weighted by atomic mass is 10.1. The molecule has 1 rings (SSSR count). The maximum atomic E-state index is 2.32. The average Bonchev–Trinajstić information content (AvgIpc) is 2.41. The van der Waals surface area contributed by atoms with Crippen molar-refractivity contribution in [3.8, 4) is 0 Å². The SMILES string of the molecule is C/C=c1/c(C)ccc/c1=C/CCC.CC.CC. The molecule has 0 heterocycles. The Balaban J connectivity index is 0. The molecule has 17 heavy (non-hydrogen) atoms. The van der Waals surface area contributed by atoms with Crippen molar-refractivity contribution in [2.45, 2.75) is 61.3 Å². The van der Waals surface area contributed by atoms with Gasteiger partial charge in [-0.1, -0.05) is 71.4 Å². The van der Waals surface area contributed by atoms with Crippen molar-refractivity contribution in [2.75, 3.05) is 0 Å². The van der Waals surface area contributed by atoms with Gasteiger partial charge >= 0.3 is 0 Å². The molecular weight excluding hydrogens is 204 g/mol. The molecule has 0 unspecified atom stereocenters. The summed E-state index contributed by atoms with van der Waals surface area (Å²) >= 11 is 0. The van der Waals surface area contributed by atoms with Crippen molar-refractivity contribution >= 4 is 12.2 Å². The van der Waals surface area contributed by atoms with Crippen molar-refractivity contribution in [1.82, 2.24) is 0 Å². The van der Waals surface area contributed by atoms with Gasteiger partial charge in [0.05, 0.1) is 0 Å². The summed E-state index contributed by atoms with van der Waals surface area (Å²) < 4.78 is 0. The lowest BCUT2D eigenvalue weighted by Crippen LogP contribution is -2.26. The predicted octanol–water partition coefficient (Wildman–Crippen LogP) is 4.43. The summed E-state index contributed by atoms with van der Waals surface area (Å²) in [4.78, 5) is 0. The lowest BCUT2D eigenvalue weighted by Gasteiger charge is -1.95. The van der Waals surface area contributed by atoms with Crippen LogP contribution in [-0.4, -0.2) is 0 Å². The first kappa shape index (κ1) is 18.3. The monoisotopic (exact) mass is 234 g/mol. The van der Waals surface area contributed by atoms with Crippen LogP contribution in [0, 0.1) is 6.92 Å². The lowest BCUT2D eigenvalue weighted by molar-refractivity contribution is 0.991. The predicted molar refractivity (Wildman–Crippen MR) is 82.6 cm³/mol. The van der Waals surface area contributed by atoms with E-state index in [9.17, 15) is 0 Å². The fourth-order valence-corrected chi connectivity index (χ4v) is 1.58. The van der Waals surface area contributed by atoms with Crippen LogP contribution in [0.15, 0.2) is 18.2 Å². The standard InChI is InChI=1S/C13H18.2C2H6/c1-4-6-9-12-10-7-8-11(3)13(12)5-2;2*1-2/h5,7-10H,4,6H2,1-3H3;2*1-2H3/b12-9-,13-5-;;. The largest absolute Gasteiger partial charge is 0.0795 e. The quantitative estimate of drug-likeness (QED) is 0.710. The third kappa shape index (κ3) is 6.99. The molecule has 0 nitrogen and oxygen atoms in total. The Morgan fingerprint density at radius 1 is 1.06 bits per heavy atom. The number of aryl methyl sites for hydroxylation is 1. The molecule has 0 saturated heterocycles. The molecule has 0 fully saturated rings. The van der Waals surface area contributed by atoms with E-state index in [0.29, 0.717) is 0 Å². The minimum absolute atomic E-state index is 1.17. The molecule has 0 saturated carbocycles. The number of hydrogen-bond acceptors (Lipinski definition) is 0. The molecule has 0 bridgehead atoms. The van der Waals surface area contributed by atoms with E-state index >= 15 is 0 Å². The molecule has 0 atom stereocenters. The van der Waals surface area contributed by atoms with E-state index in [1.165, 1.54) is 28.8 Å². The molecule has 0 amide bonds. The maximum Gasteiger partial charge on any atom is -0.0201 e. The summed E-state index contributed by atoms with van der Waals surface area (Å²) in [5.74, 6) is 0. The van der Waals surface area contributed by atoms with E-state index in [2.05, 4.69) is 51.1 Å². The molecule has 0 spiro atoms. The second-order valence-corrected chi connectivity index (χ2v) is 3.36. The van der Waals surface area contributed by atoms with E-state index in [1.807, 2.05) is 27.7 Å². The summed E-state index contributed by atoms with van der Waals surface area (Å²) in [6, 6.07) is 6.49. The van der Waals surface area contributed by atoms with Gasteiger partial charge in [0.2, 0.25) is 0 Å². The highest BCUT2D eigenvalue weighted by Gasteiger charge is 1.87. The first-order chi connectivity index (χ1) is 8.29. The van der Waals surface area contributed by atoms with Crippen molar-refractivity contribution in [1.29, 1.82) is 0 Å². The summed E-state index contributed by atoms with van der Waals surface area (Å²) in [5.41, 5.74) is 1.37. The van der Waals surface area contributed by atoms with E-state index in [4.69, 9.17) is 0 Å². The third-order valence-electron chi connectivity index (χ3n) is 2.30. The fraction of sp³-hybridized carbons (Fsp3) is 0.529. The molecule has 0 radical (unpaired) electrons. The van der Waals surface area contributed by atoms with Crippen LogP contribution >= 0.6 is 0 Å². The van der Waals surface area contributed by atoms with Gasteiger partial charge in [-0.3, -0.25) is 0 Å². The summed E-state index contributed by atoms with van der Waals surface area (Å²) in [5, 5.41) is 2.76. The highest BCUT2D eigenvalue weighted by atomic mass is 13.9. The van der Waals surface area contributed by atoms with Crippen LogP contribution in [0.1, 0.15) is 59.9 Å². The Bertz CT molecular complexity index is 372. The van der Waals surface area contributed by atoms with E-state index in [0.717, 1.165) is 0 Å². The van der Waals surface area contributed by atoms with Crippen molar-refractivity contribution in [3.05, 3.63) is 34.2 Å². The van der Waals surface area contributed by atoms with Crippen molar-refractivity contribution in [2.24, 2.45) is 0 Å². The molecule has 0 aromatic heterocycles. The third-order valence-corrected chi connectivity index (χ3v) is 2.30. The van der Waals surface area contributed by atoms with Crippen LogP contribution in [0.2, 0.25) is 0 Å². The van der Waals surface area contributed by atoms with Crippen LogP contribution < -0.4 is 10.4 Å². The van der Waals surface area contributed by atoms with Crippen LogP contribution in [0.25, 0.3) is 12.2 Å².